The van der Waals surface area contributed by atoms with Gasteiger partial charge in [-0.2, -0.15) is 24.7 Å². The Kier molecular flexibility index (Phi) is 3.06. The van der Waals surface area contributed by atoms with Crippen molar-refractivity contribution in [3.05, 3.63) is 25.0 Å². The monoisotopic (exact) mass is 275 g/mol. The van der Waals surface area contributed by atoms with E-state index < -0.39 is 0 Å². The van der Waals surface area contributed by atoms with Crippen LogP contribution in [0.2, 0.25) is 0 Å². The van der Waals surface area contributed by atoms with Gasteiger partial charge in [0.15, 0.2) is 5.16 Å². The van der Waals surface area contributed by atoms with Gasteiger partial charge in [0.25, 0.3) is 5.95 Å². The normalized spacial score (nSPS) is 10.6. The Hall–Kier alpha value is -2.49. The third-order valence-electron chi connectivity index (χ3n) is 2.11. The number of aromatic amines is 1. The van der Waals surface area contributed by atoms with Gasteiger partial charge in [-0.05, 0) is 11.8 Å². The van der Waals surface area contributed by atoms with E-state index in [4.69, 9.17) is 0 Å². The van der Waals surface area contributed by atoms with E-state index in [1.54, 1.807) is 19.4 Å². The summed E-state index contributed by atoms with van der Waals surface area (Å²) in [7, 11) is 1.74. The van der Waals surface area contributed by atoms with Crippen molar-refractivity contribution in [1.29, 1.82) is 0 Å². The zero-order chi connectivity index (χ0) is 13.1. The smallest absolute Gasteiger partial charge is 0.257 e. The molecule has 96 valence electrons. The van der Waals surface area contributed by atoms with Crippen LogP contribution in [0.5, 0.6) is 0 Å². The maximum atomic E-state index is 4.30. The highest BCUT2D eigenvalue weighted by molar-refractivity contribution is 7.99. The molecule has 2 N–H and O–H groups in total. The van der Waals surface area contributed by atoms with Crippen LogP contribution in [0, 0.1) is 0 Å². The Morgan fingerprint density at radius 3 is 2.95 bits per heavy atom. The van der Waals surface area contributed by atoms with Crippen molar-refractivity contribution in [3.8, 4) is 5.95 Å². The van der Waals surface area contributed by atoms with Crippen molar-refractivity contribution in [1.82, 2.24) is 39.7 Å². The largest absolute Gasteiger partial charge is 0.357 e. The lowest BCUT2D eigenvalue weighted by Gasteiger charge is -2.04. The van der Waals surface area contributed by atoms with Crippen molar-refractivity contribution < 1.29 is 0 Å². The second-order valence-electron chi connectivity index (χ2n) is 3.33. The van der Waals surface area contributed by atoms with E-state index in [2.05, 4.69) is 40.3 Å². The molecular formula is C9H9N9S. The van der Waals surface area contributed by atoms with Crippen LogP contribution in [0.25, 0.3) is 5.95 Å². The fraction of sp³-hybridized carbons (Fsp3) is 0.111. The molecule has 0 aliphatic carbocycles. The number of hydrogen-bond donors (Lipinski definition) is 2. The van der Waals surface area contributed by atoms with Gasteiger partial charge in [0.2, 0.25) is 11.1 Å². The van der Waals surface area contributed by atoms with E-state index in [1.807, 2.05) is 0 Å². The van der Waals surface area contributed by atoms with E-state index in [0.717, 1.165) is 0 Å². The maximum Gasteiger partial charge on any atom is 0.257 e. The highest BCUT2D eigenvalue weighted by Crippen LogP contribution is 2.21. The summed E-state index contributed by atoms with van der Waals surface area (Å²) in [6.45, 7) is 0. The lowest BCUT2D eigenvalue weighted by Crippen LogP contribution is -2.07. The first-order valence-corrected chi connectivity index (χ1v) is 6.13. The highest BCUT2D eigenvalue weighted by atomic mass is 32.2. The number of H-pyrrole nitrogens is 1. The zero-order valence-corrected chi connectivity index (χ0v) is 10.7. The van der Waals surface area contributed by atoms with Gasteiger partial charge in [-0.15, -0.1) is 0 Å². The minimum atomic E-state index is 0.394. The summed E-state index contributed by atoms with van der Waals surface area (Å²) in [5.74, 6) is 0.848. The summed E-state index contributed by atoms with van der Waals surface area (Å²) in [6, 6.07) is 0. The standard InChI is InChI=1S/C9H9N9S/c1-10-6-15-7(18-5-11-4-14-18)17-9(16-6)19-8-12-2-3-13-8/h2-5H,1H3,(H,12,13)(H,10,15,16,17). The van der Waals surface area contributed by atoms with Gasteiger partial charge in [0.05, 0.1) is 0 Å². The lowest BCUT2D eigenvalue weighted by atomic mass is 10.8. The Bertz CT molecular complexity index is 648. The molecule has 10 heteroatoms. The van der Waals surface area contributed by atoms with Gasteiger partial charge < -0.3 is 10.3 Å². The molecule has 0 unspecified atom stereocenters. The predicted molar refractivity (Wildman–Crippen MR) is 67.0 cm³/mol. The van der Waals surface area contributed by atoms with E-state index >= 15 is 0 Å². The number of imidazole rings is 1. The number of rotatable bonds is 4. The van der Waals surface area contributed by atoms with Gasteiger partial charge >= 0.3 is 0 Å². The fourth-order valence-electron chi connectivity index (χ4n) is 1.31. The molecule has 3 rings (SSSR count). The Balaban J connectivity index is 1.98. The Morgan fingerprint density at radius 2 is 2.26 bits per heavy atom. The number of aromatic nitrogens is 8. The molecule has 0 bridgehead atoms. The molecule has 0 aliphatic rings. The summed E-state index contributed by atoms with van der Waals surface area (Å²) in [6.07, 6.45) is 6.35. The quantitative estimate of drug-likeness (QED) is 0.702. The lowest BCUT2D eigenvalue weighted by molar-refractivity contribution is 0.760. The van der Waals surface area contributed by atoms with Crippen molar-refractivity contribution >= 4 is 17.7 Å². The van der Waals surface area contributed by atoms with E-state index in [9.17, 15) is 0 Å². The molecule has 0 amide bonds. The molecular weight excluding hydrogens is 266 g/mol. The molecule has 0 radical (unpaired) electrons. The second kappa shape index (κ2) is 5.02. The van der Waals surface area contributed by atoms with Gasteiger partial charge in [-0.3, -0.25) is 0 Å². The summed E-state index contributed by atoms with van der Waals surface area (Å²) in [4.78, 5) is 23.7. The molecule has 0 atom stereocenters. The maximum absolute atomic E-state index is 4.30. The predicted octanol–water partition coefficient (Wildman–Crippen LogP) is 0.368. The van der Waals surface area contributed by atoms with Crippen LogP contribution in [0.15, 0.2) is 35.4 Å². The third-order valence-corrected chi connectivity index (χ3v) is 2.89. The van der Waals surface area contributed by atoms with E-state index in [0.29, 0.717) is 22.2 Å². The number of hydrogen-bond acceptors (Lipinski definition) is 8. The third kappa shape index (κ3) is 2.52. The number of nitrogens with zero attached hydrogens (tertiary/aromatic N) is 7. The summed E-state index contributed by atoms with van der Waals surface area (Å²) in [5, 5.41) is 8.09. The first-order chi connectivity index (χ1) is 9.35. The fourth-order valence-corrected chi connectivity index (χ4v) is 1.98. The molecule has 19 heavy (non-hydrogen) atoms. The molecule has 3 aromatic rings. The first-order valence-electron chi connectivity index (χ1n) is 5.31. The topological polar surface area (TPSA) is 110 Å². The molecule has 3 heterocycles. The van der Waals surface area contributed by atoms with Crippen LogP contribution in [-0.2, 0) is 0 Å². The van der Waals surface area contributed by atoms with Gasteiger partial charge in [0, 0.05) is 19.4 Å². The highest BCUT2D eigenvalue weighted by Gasteiger charge is 2.10. The van der Waals surface area contributed by atoms with Crippen molar-refractivity contribution in [3.63, 3.8) is 0 Å². The van der Waals surface area contributed by atoms with Gasteiger partial charge in [-0.1, -0.05) is 0 Å². The summed E-state index contributed by atoms with van der Waals surface area (Å²) >= 11 is 1.30. The van der Waals surface area contributed by atoms with Crippen molar-refractivity contribution in [2.45, 2.75) is 10.3 Å². The van der Waals surface area contributed by atoms with Crippen LogP contribution < -0.4 is 5.32 Å². The van der Waals surface area contributed by atoms with E-state index in [-0.39, 0.29) is 0 Å². The Labute approximate surface area is 111 Å². The van der Waals surface area contributed by atoms with Crippen LogP contribution in [0.3, 0.4) is 0 Å². The van der Waals surface area contributed by atoms with Crippen molar-refractivity contribution in [2.24, 2.45) is 0 Å². The molecule has 0 fully saturated rings. The summed E-state index contributed by atoms with van der Waals surface area (Å²) in [5.41, 5.74) is 0. The SMILES string of the molecule is CNc1nc(Sc2ncc[nH]2)nc(-n2cncn2)n1. The van der Waals surface area contributed by atoms with Crippen LogP contribution in [0.1, 0.15) is 0 Å². The average molecular weight is 275 g/mol. The average Bonchev–Trinajstić information content (AvgIpc) is 3.11. The number of nitrogens with one attached hydrogen (secondary N) is 2. The molecule has 0 saturated heterocycles. The second-order valence-corrected chi connectivity index (χ2v) is 4.28. The van der Waals surface area contributed by atoms with Crippen molar-refractivity contribution in [2.75, 3.05) is 12.4 Å². The molecule has 9 nitrogen and oxygen atoms in total. The van der Waals surface area contributed by atoms with Gasteiger partial charge in [0.1, 0.15) is 12.7 Å². The minimum absolute atomic E-state index is 0.394. The summed E-state index contributed by atoms with van der Waals surface area (Å²) < 4.78 is 1.47. The van der Waals surface area contributed by atoms with Crippen LogP contribution in [0.4, 0.5) is 5.95 Å². The van der Waals surface area contributed by atoms with E-state index in [1.165, 1.54) is 29.1 Å². The first kappa shape index (κ1) is 11.6. The molecule has 0 saturated carbocycles. The molecule has 0 aliphatic heterocycles. The molecule has 3 aromatic heterocycles. The Morgan fingerprint density at radius 1 is 1.32 bits per heavy atom. The van der Waals surface area contributed by atoms with Crippen LogP contribution >= 0.6 is 11.8 Å². The van der Waals surface area contributed by atoms with Gasteiger partial charge in [-0.25, -0.2) is 9.97 Å². The molecule has 0 aromatic carbocycles. The zero-order valence-electron chi connectivity index (χ0n) is 9.85. The van der Waals surface area contributed by atoms with Crippen LogP contribution in [-0.4, -0.2) is 46.7 Å². The number of anilines is 1. The minimum Gasteiger partial charge on any atom is -0.357 e. The molecule has 0 spiro atoms.